The number of nitrogens with one attached hydrogen (secondary N) is 3. The Morgan fingerprint density at radius 1 is 1.48 bits per heavy atom. The van der Waals surface area contributed by atoms with Crippen LogP contribution in [0.4, 0.5) is 15.8 Å². The predicted octanol–water partition coefficient (Wildman–Crippen LogP) is -0.549. The number of aliphatic hydroxyl groups is 1. The second-order valence-electron chi connectivity index (χ2n) is 5.26. The topological polar surface area (TPSA) is 117 Å². The van der Waals surface area contributed by atoms with Crippen molar-refractivity contribution in [3.05, 3.63) is 24.0 Å². The molecule has 1 rings (SSSR count). The predicted molar refractivity (Wildman–Crippen MR) is 92.8 cm³/mol. The van der Waals surface area contributed by atoms with Gasteiger partial charge in [0.25, 0.3) is 0 Å². The molecule has 9 nitrogen and oxygen atoms in total. The van der Waals surface area contributed by atoms with Crippen LogP contribution < -0.4 is 26.1 Å². The van der Waals surface area contributed by atoms with Gasteiger partial charge in [0.2, 0.25) is 12.3 Å². The van der Waals surface area contributed by atoms with E-state index in [4.69, 9.17) is 0 Å². The summed E-state index contributed by atoms with van der Waals surface area (Å²) in [5, 5.41) is 26.8. The minimum absolute atomic E-state index is 0. The van der Waals surface area contributed by atoms with Gasteiger partial charge < -0.3 is 20.7 Å². The van der Waals surface area contributed by atoms with E-state index in [1.807, 2.05) is 0 Å². The maximum Gasteiger partial charge on any atom is 0.216 e. The van der Waals surface area contributed by atoms with Crippen molar-refractivity contribution >= 4 is 23.7 Å². The van der Waals surface area contributed by atoms with Gasteiger partial charge in [-0.15, -0.1) is 0 Å². The molecule has 25 heavy (non-hydrogen) atoms. The maximum absolute atomic E-state index is 14.3. The van der Waals surface area contributed by atoms with E-state index in [-0.39, 0.29) is 31.8 Å². The van der Waals surface area contributed by atoms with Gasteiger partial charge in [0.15, 0.2) is 0 Å². The molecular weight excluding hydrogens is 333 g/mol. The molecule has 1 atom stereocenters. The summed E-state index contributed by atoms with van der Waals surface area (Å²) in [7, 11) is 1.62. The monoisotopic (exact) mass is 359 g/mol. The molecule has 142 valence electrons. The number of hydrogen-bond donors (Lipinski definition) is 5. The number of hydroxylamine groups is 1. The van der Waals surface area contributed by atoms with E-state index in [1.165, 1.54) is 24.1 Å². The number of benzene rings is 1. The van der Waals surface area contributed by atoms with Crippen LogP contribution in [0.1, 0.15) is 8.35 Å². The highest BCUT2D eigenvalue weighted by Crippen LogP contribution is 2.23. The molecule has 2 amide bonds. The molecular formula is C15H26FN5O4. The highest BCUT2D eigenvalue weighted by Gasteiger charge is 2.15. The van der Waals surface area contributed by atoms with Crippen LogP contribution in [-0.2, 0) is 9.59 Å². The van der Waals surface area contributed by atoms with Crippen molar-refractivity contribution in [2.75, 3.05) is 43.3 Å². The van der Waals surface area contributed by atoms with E-state index < -0.39 is 11.9 Å². The summed E-state index contributed by atoms with van der Waals surface area (Å²) in [4.78, 5) is 21.1. The first kappa shape index (κ1) is 20.6. The van der Waals surface area contributed by atoms with Crippen LogP contribution in [-0.4, -0.2) is 62.0 Å². The zero-order chi connectivity index (χ0) is 18.8. The normalized spacial score (nSPS) is 11.6. The van der Waals surface area contributed by atoms with Crippen LogP contribution in [0.15, 0.2) is 18.2 Å². The van der Waals surface area contributed by atoms with Gasteiger partial charge in [-0.3, -0.25) is 19.9 Å². The Kier molecular flexibility index (Phi) is 8.61. The lowest BCUT2D eigenvalue weighted by atomic mass is 10.2. The third-order valence-electron chi connectivity index (χ3n) is 3.32. The average molecular weight is 359 g/mol. The molecule has 0 heterocycles. The van der Waals surface area contributed by atoms with Gasteiger partial charge >= 0.3 is 0 Å². The van der Waals surface area contributed by atoms with Crippen LogP contribution >= 0.6 is 0 Å². The Hall–Kier alpha value is -2.43. The Morgan fingerprint density at radius 2 is 2.20 bits per heavy atom. The Morgan fingerprint density at radius 3 is 2.76 bits per heavy atom. The van der Waals surface area contributed by atoms with Gasteiger partial charge in [0.1, 0.15) is 5.82 Å². The van der Waals surface area contributed by atoms with Crippen molar-refractivity contribution in [3.63, 3.8) is 0 Å². The largest absolute Gasteiger partial charge is 0.389 e. The number of halogens is 1. The van der Waals surface area contributed by atoms with Crippen molar-refractivity contribution in [1.29, 1.82) is 0 Å². The third-order valence-corrected chi connectivity index (χ3v) is 3.32. The quantitative estimate of drug-likeness (QED) is 0.204. The molecule has 0 spiro atoms. The number of nitrogens with zero attached hydrogens (tertiary/aromatic N) is 2. The highest BCUT2D eigenvalue weighted by molar-refractivity contribution is 5.72. The summed E-state index contributed by atoms with van der Waals surface area (Å²) >= 11 is 0. The van der Waals surface area contributed by atoms with Gasteiger partial charge in [0, 0.05) is 34.6 Å². The van der Waals surface area contributed by atoms with Crippen LogP contribution in [0.3, 0.4) is 0 Å². The summed E-state index contributed by atoms with van der Waals surface area (Å²) in [6.45, 7) is 1.76. The molecule has 5 N–H and O–H groups in total. The number of hydrazine groups is 1. The standard InChI is InChI=1S/C15H24FN5O4.H2/c1-11(23)19-8-13(24)9-21(25)12-3-4-15(14(16)7-12)20(17-2)6-5-18-10-22;/h3-4,7,10,13,17,24-25H,5-6,8-9H2,1-2H3,(H,18,22)(H,19,23);1H/t13-;/m0./s1. The van der Waals surface area contributed by atoms with Crippen molar-refractivity contribution in [2.45, 2.75) is 13.0 Å². The summed E-state index contributed by atoms with van der Waals surface area (Å²) in [6, 6.07) is 4.07. The molecule has 0 aromatic heterocycles. The first-order valence-electron chi connectivity index (χ1n) is 7.69. The SMILES string of the molecule is CNN(CCNC=O)c1ccc(N(O)C[C@@H](O)CNC(C)=O)cc1F.[HH]. The van der Waals surface area contributed by atoms with Gasteiger partial charge in [-0.25, -0.2) is 9.82 Å². The smallest absolute Gasteiger partial charge is 0.216 e. The second kappa shape index (κ2) is 10.4. The molecule has 1 aromatic rings. The fraction of sp³-hybridized carbons (Fsp3) is 0.467. The maximum atomic E-state index is 14.3. The first-order chi connectivity index (χ1) is 11.9. The molecule has 0 aliphatic rings. The Bertz CT molecular complexity index is 581. The molecule has 10 heteroatoms. The van der Waals surface area contributed by atoms with Crippen LogP contribution in [0, 0.1) is 5.82 Å². The molecule has 0 fully saturated rings. The number of anilines is 2. The molecule has 0 aliphatic heterocycles. The van der Waals surface area contributed by atoms with Gasteiger partial charge in [0.05, 0.1) is 30.6 Å². The molecule has 0 saturated heterocycles. The van der Waals surface area contributed by atoms with Crippen molar-refractivity contribution < 1.29 is 25.7 Å². The second-order valence-corrected chi connectivity index (χ2v) is 5.26. The van der Waals surface area contributed by atoms with Crippen molar-refractivity contribution in [3.8, 4) is 0 Å². The Labute approximate surface area is 146 Å². The molecule has 0 radical (unpaired) electrons. The summed E-state index contributed by atoms with van der Waals surface area (Å²) in [5.74, 6) is -0.886. The molecule has 0 bridgehead atoms. The highest BCUT2D eigenvalue weighted by atomic mass is 19.1. The number of rotatable bonds is 11. The number of aliphatic hydroxyl groups excluding tert-OH is 1. The molecule has 0 aliphatic carbocycles. The summed E-state index contributed by atoms with van der Waals surface area (Å²) < 4.78 is 14.3. The fourth-order valence-electron chi connectivity index (χ4n) is 2.09. The fourth-order valence-corrected chi connectivity index (χ4v) is 2.09. The van der Waals surface area contributed by atoms with E-state index in [2.05, 4.69) is 16.1 Å². The number of amides is 2. The zero-order valence-corrected chi connectivity index (χ0v) is 14.2. The van der Waals surface area contributed by atoms with E-state index in [0.717, 1.165) is 6.07 Å². The molecule has 1 aromatic carbocycles. The van der Waals surface area contributed by atoms with Crippen molar-refractivity contribution in [1.82, 2.24) is 16.1 Å². The van der Waals surface area contributed by atoms with E-state index in [0.29, 0.717) is 24.6 Å². The minimum atomic E-state index is -1.01. The molecule has 0 saturated carbocycles. The van der Waals surface area contributed by atoms with Crippen molar-refractivity contribution in [2.24, 2.45) is 0 Å². The number of carbonyl (C=O) groups excluding carboxylic acids is 2. The van der Waals surface area contributed by atoms with Crippen LogP contribution in [0.5, 0.6) is 0 Å². The van der Waals surface area contributed by atoms with Gasteiger partial charge in [-0.05, 0) is 12.1 Å². The third kappa shape index (κ3) is 6.91. The lowest BCUT2D eigenvalue weighted by Gasteiger charge is -2.25. The van der Waals surface area contributed by atoms with Crippen LogP contribution in [0.25, 0.3) is 0 Å². The summed E-state index contributed by atoms with van der Waals surface area (Å²) in [6.07, 6.45) is -0.455. The summed E-state index contributed by atoms with van der Waals surface area (Å²) in [5.41, 5.74) is 3.21. The van der Waals surface area contributed by atoms with Crippen LogP contribution in [0.2, 0.25) is 0 Å². The lowest BCUT2D eigenvalue weighted by molar-refractivity contribution is -0.119. The van der Waals surface area contributed by atoms with E-state index >= 15 is 0 Å². The minimum Gasteiger partial charge on any atom is -0.389 e. The van der Waals surface area contributed by atoms with Gasteiger partial charge in [-0.2, -0.15) is 0 Å². The number of carbonyl (C=O) groups is 2. The molecule has 0 unspecified atom stereocenters. The lowest BCUT2D eigenvalue weighted by Crippen LogP contribution is -2.40. The average Bonchev–Trinajstić information content (AvgIpc) is 2.57. The Balaban J connectivity index is 0.00000625. The number of hydrogen-bond acceptors (Lipinski definition) is 7. The van der Waals surface area contributed by atoms with E-state index in [9.17, 15) is 24.3 Å². The van der Waals surface area contributed by atoms with E-state index in [1.54, 1.807) is 7.05 Å². The van der Waals surface area contributed by atoms with Gasteiger partial charge in [-0.1, -0.05) is 0 Å². The first-order valence-corrected chi connectivity index (χ1v) is 7.69. The zero-order valence-electron chi connectivity index (χ0n) is 14.2.